The molecule has 0 spiro atoms. The number of rotatable bonds is 1. The summed E-state index contributed by atoms with van der Waals surface area (Å²) in [6.45, 7) is 1.52. The van der Waals surface area contributed by atoms with Crippen LogP contribution in [0.2, 0.25) is 0 Å². The van der Waals surface area contributed by atoms with Crippen LogP contribution >= 0.6 is 11.3 Å². The third-order valence-electron chi connectivity index (χ3n) is 20.2. The largest absolute Gasteiger partial charge is 0.393 e. The van der Waals surface area contributed by atoms with Crippen molar-refractivity contribution in [2.45, 2.75) is 32.7 Å². The standard InChI is InChI=1S/C20H14N5.2C15H12N5.C14H9N4O.C14H9N4S/c1-2-6-14(7-3-1)25-18-17(13-23-11-5-10-22-19(18)23)24-12-16-15(20(24)25)8-4-9-21-16;2*1-18-13-12(9-19-7-3-6-17-14(13)19)20-8-11-10(15(18)20)4-2-5-16-11;2*1-3-9-10(15-4-1)7-18-11-8-17-6-2-5-16-13(17)12(11)19-14(9)18/h1-11,13H,12H2;2*2-7,9H,8H2,1H3;2*1-6,8H,7H2/q5*+1/i;1D3;;;. The van der Waals surface area contributed by atoms with Gasteiger partial charge in [0.05, 0.1) is 88.5 Å². The van der Waals surface area contributed by atoms with E-state index in [1.54, 1.807) is 29.9 Å². The first-order valence-corrected chi connectivity index (χ1v) is 34.4. The van der Waals surface area contributed by atoms with Gasteiger partial charge in [0.15, 0.2) is 57.9 Å². The van der Waals surface area contributed by atoms with Gasteiger partial charge in [-0.2, -0.15) is 9.13 Å². The van der Waals surface area contributed by atoms with Crippen LogP contribution in [0.25, 0.3) is 145 Å². The molecule has 0 unspecified atom stereocenters. The molecule has 0 atom stereocenters. The average molecular weight is 1370 g/mol. The lowest BCUT2D eigenvalue weighted by molar-refractivity contribution is -0.649. The molecule has 0 radical (unpaired) electrons. The summed E-state index contributed by atoms with van der Waals surface area (Å²) in [5.74, 6) is 3.94. The van der Waals surface area contributed by atoms with Crippen LogP contribution in [0.1, 0.15) is 32.6 Å². The molecule has 490 valence electrons. The minimum atomic E-state index is -2.30. The van der Waals surface area contributed by atoms with E-state index in [1.807, 2.05) is 173 Å². The van der Waals surface area contributed by atoms with Crippen molar-refractivity contribution in [3.8, 4) is 61.9 Å². The molecule has 0 amide bonds. The number of hydrogen-bond acceptors (Lipinski definition) is 12. The number of hydrogen-bond donors (Lipinski definition) is 0. The van der Waals surface area contributed by atoms with Gasteiger partial charge in [-0.05, 0) is 103 Å². The molecule has 103 heavy (non-hydrogen) atoms. The zero-order valence-corrected chi connectivity index (χ0v) is 55.5. The third kappa shape index (κ3) is 8.35. The highest BCUT2D eigenvalue weighted by molar-refractivity contribution is 7.22. The molecular formula is C78H56N23OS+5. The molecule has 5 aliphatic rings. The molecule has 26 rings (SSSR count). The minimum Gasteiger partial charge on any atom is -0.393 e. The maximum atomic E-state index is 8.02. The maximum absolute atomic E-state index is 8.02. The molecule has 25 heteroatoms. The second kappa shape index (κ2) is 21.8. The number of nitrogens with zero attached hydrogens (tertiary/aromatic N) is 23. The lowest BCUT2D eigenvalue weighted by Crippen LogP contribution is -2.31. The second-order valence-electron chi connectivity index (χ2n) is 25.8. The summed E-state index contributed by atoms with van der Waals surface area (Å²) >= 11 is 1.80. The number of aryl methyl sites for hydroxylation is 2. The van der Waals surface area contributed by atoms with Crippen molar-refractivity contribution in [3.63, 3.8) is 0 Å². The third-order valence-corrected chi connectivity index (χ3v) is 21.5. The summed E-state index contributed by atoms with van der Waals surface area (Å²) in [6, 6.07) is 40.3. The quantitative estimate of drug-likeness (QED) is 0.142. The maximum Gasteiger partial charge on any atom is 0.384 e. The smallest absolute Gasteiger partial charge is 0.384 e. The number of oxazole rings is 1. The van der Waals surface area contributed by atoms with Crippen LogP contribution in [0.15, 0.2) is 250 Å². The van der Waals surface area contributed by atoms with Crippen LogP contribution in [-0.2, 0) is 46.7 Å². The van der Waals surface area contributed by atoms with Gasteiger partial charge in [0.1, 0.15) is 47.0 Å². The lowest BCUT2D eigenvalue weighted by Gasteiger charge is -2.01. The zero-order valence-electron chi connectivity index (χ0n) is 57.7. The predicted octanol–water partition coefficient (Wildman–Crippen LogP) is 10.1. The molecule has 5 aliphatic heterocycles. The van der Waals surface area contributed by atoms with E-state index in [1.165, 1.54) is 70.4 Å². The Morgan fingerprint density at radius 2 is 0.854 bits per heavy atom. The average Bonchev–Trinajstić information content (AvgIpc) is 1.56. The van der Waals surface area contributed by atoms with Crippen molar-refractivity contribution >= 4 is 94.0 Å². The molecule has 20 aromatic heterocycles. The van der Waals surface area contributed by atoms with E-state index in [2.05, 4.69) is 165 Å². The van der Waals surface area contributed by atoms with Crippen LogP contribution in [0, 0.1) is 0 Å². The SMILES string of the molecule is C[n+]1c2n(c3cn4cccnc4c31)Cc1ncccc1-2.[2H]C([2H])([2H])[n+]1c2n(c3cn4cccnc4c31)Cc1ncccc1-2.c1ccc(-n2c3[n+](c4cn5cccnc5c42)Cc2ncccc2-3)cc1.c1cnc2c(c1)-c1oc3c4ncccn4cc3[n+]1C2.c1cnc2c(c1)-c1sc3c4ncccn4cc3[n+]1C2. The predicted molar refractivity (Wildman–Crippen MR) is 384 cm³/mol. The number of benzene rings is 1. The van der Waals surface area contributed by atoms with Crippen molar-refractivity contribution < 1.29 is 31.4 Å². The van der Waals surface area contributed by atoms with Gasteiger partial charge in [-0.15, -0.1) is 4.57 Å². The van der Waals surface area contributed by atoms with Gasteiger partial charge in [0.25, 0.3) is 28.0 Å². The topological polar surface area (TPSA) is 198 Å². The first kappa shape index (κ1) is 54.1. The van der Waals surface area contributed by atoms with Gasteiger partial charge < -0.3 is 22.0 Å². The summed E-state index contributed by atoms with van der Waals surface area (Å²) in [7, 11) is 2.10. The Kier molecular flexibility index (Phi) is 11.5. The summed E-state index contributed by atoms with van der Waals surface area (Å²) in [4.78, 5) is 44.7. The fourth-order valence-corrected chi connectivity index (χ4v) is 17.1. The Labute approximate surface area is 590 Å². The highest BCUT2D eigenvalue weighted by Crippen LogP contribution is 2.40. The van der Waals surface area contributed by atoms with Crippen LogP contribution < -0.4 is 22.8 Å². The summed E-state index contributed by atoms with van der Waals surface area (Å²) < 4.78 is 58.6. The Balaban J connectivity index is 0.0000000830. The van der Waals surface area contributed by atoms with Crippen LogP contribution in [0.3, 0.4) is 0 Å². The highest BCUT2D eigenvalue weighted by Gasteiger charge is 2.41. The van der Waals surface area contributed by atoms with E-state index in [9.17, 15) is 0 Å². The van der Waals surface area contributed by atoms with Crippen molar-refractivity contribution in [1.82, 2.24) is 85.5 Å². The molecule has 0 aliphatic carbocycles. The monoisotopic (exact) mass is 1370 g/mol. The summed E-state index contributed by atoms with van der Waals surface area (Å²) in [5.41, 5.74) is 26.0. The fraction of sp³-hybridized carbons (Fsp3) is 0.0897. The number of para-hydroxylation sites is 1. The second-order valence-corrected chi connectivity index (χ2v) is 26.8. The highest BCUT2D eigenvalue weighted by atomic mass is 32.1. The molecule has 0 N–H and O–H groups in total. The molecule has 24 nitrogen and oxygen atoms in total. The fourth-order valence-electron chi connectivity index (χ4n) is 15.8. The Hall–Kier alpha value is -13.8. The molecule has 0 saturated carbocycles. The van der Waals surface area contributed by atoms with E-state index in [0.717, 1.165) is 116 Å². The number of aromatic nitrogens is 23. The molecular weight excluding hydrogens is 1310 g/mol. The zero-order chi connectivity index (χ0) is 70.2. The van der Waals surface area contributed by atoms with Crippen molar-refractivity contribution in [2.75, 3.05) is 0 Å². The summed E-state index contributed by atoms with van der Waals surface area (Å²) in [6.07, 6.45) is 38.6. The number of thiazole rings is 1. The van der Waals surface area contributed by atoms with Gasteiger partial charge in [0.2, 0.25) is 27.6 Å². The molecule has 0 saturated heterocycles. The van der Waals surface area contributed by atoms with E-state index in [0.29, 0.717) is 23.5 Å². The first-order valence-electron chi connectivity index (χ1n) is 35.1. The van der Waals surface area contributed by atoms with Gasteiger partial charge in [-0.3, -0.25) is 29.3 Å². The Bertz CT molecular complexity index is 7090. The van der Waals surface area contributed by atoms with E-state index >= 15 is 0 Å². The van der Waals surface area contributed by atoms with Crippen LogP contribution in [0.5, 0.6) is 0 Å². The van der Waals surface area contributed by atoms with Gasteiger partial charge >= 0.3 is 5.89 Å². The Morgan fingerprint density at radius 1 is 0.398 bits per heavy atom. The van der Waals surface area contributed by atoms with E-state index < -0.39 is 6.98 Å². The number of fused-ring (bicyclic) bond motifs is 35. The lowest BCUT2D eigenvalue weighted by atomic mass is 10.2. The van der Waals surface area contributed by atoms with E-state index in [-0.39, 0.29) is 0 Å². The molecule has 21 aromatic rings. The van der Waals surface area contributed by atoms with Gasteiger partial charge in [0, 0.05) is 93.0 Å². The summed E-state index contributed by atoms with van der Waals surface area (Å²) in [5, 5.41) is 1.29. The van der Waals surface area contributed by atoms with E-state index in [4.69, 9.17) is 8.53 Å². The van der Waals surface area contributed by atoms with Crippen molar-refractivity contribution in [1.29, 1.82) is 0 Å². The molecule has 1 aromatic carbocycles. The molecule has 0 bridgehead atoms. The number of imidazole rings is 3. The normalized spacial score (nSPS) is 13.5. The minimum absolute atomic E-state index is 0.571. The van der Waals surface area contributed by atoms with Crippen LogP contribution in [0.4, 0.5) is 0 Å². The van der Waals surface area contributed by atoms with Crippen molar-refractivity contribution in [2.24, 2.45) is 14.0 Å². The molecule has 0 fully saturated rings. The van der Waals surface area contributed by atoms with Gasteiger partial charge in [-0.1, -0.05) is 29.5 Å². The number of pyridine rings is 5. The van der Waals surface area contributed by atoms with Crippen molar-refractivity contribution in [3.05, 3.63) is 274 Å². The van der Waals surface area contributed by atoms with Crippen LogP contribution in [-0.4, -0.2) is 85.5 Å². The van der Waals surface area contributed by atoms with Gasteiger partial charge in [-0.25, -0.2) is 47.8 Å². The first-order chi connectivity index (χ1) is 52.1. The Morgan fingerprint density at radius 3 is 1.49 bits per heavy atom. The molecule has 25 heterocycles.